The predicted molar refractivity (Wildman–Crippen MR) is 93.0 cm³/mol. The Morgan fingerprint density at radius 2 is 1.89 bits per heavy atom. The lowest BCUT2D eigenvalue weighted by atomic mass is 10.0. The molecular weight excluding hydrogens is 374 g/mol. The minimum atomic E-state index is -4.03. The number of furan rings is 1. The Hall–Kier alpha value is -2.98. The lowest BCUT2D eigenvalue weighted by Crippen LogP contribution is -2.11. The van der Waals surface area contributed by atoms with Crippen molar-refractivity contribution in [3.63, 3.8) is 0 Å². The second kappa shape index (κ2) is 7.33. The van der Waals surface area contributed by atoms with E-state index in [1.54, 1.807) is 0 Å². The summed E-state index contributed by atoms with van der Waals surface area (Å²) in [6.07, 6.45) is 0. The van der Waals surface area contributed by atoms with Crippen LogP contribution in [-0.4, -0.2) is 24.5 Å². The molecule has 0 atom stereocenters. The van der Waals surface area contributed by atoms with Crippen LogP contribution in [0.25, 0.3) is 11.4 Å². The number of hydrogen-bond donors (Lipinski definition) is 1. The van der Waals surface area contributed by atoms with Crippen molar-refractivity contribution in [3.05, 3.63) is 53.6 Å². The predicted octanol–water partition coefficient (Wildman–Crippen LogP) is 2.46. The second-order valence-corrected chi connectivity index (χ2v) is 7.52. The molecule has 0 bridgehead atoms. The number of primary sulfonamides is 1. The van der Waals surface area contributed by atoms with Gasteiger partial charge in [-0.1, -0.05) is 43.3 Å². The van der Waals surface area contributed by atoms with Gasteiger partial charge in [0.15, 0.2) is 6.61 Å². The van der Waals surface area contributed by atoms with Crippen LogP contribution in [-0.2, 0) is 21.4 Å². The number of carbonyl (C=O) groups excluding carboxylic acids is 1. The Labute approximate surface area is 155 Å². The molecule has 10 heteroatoms. The van der Waals surface area contributed by atoms with Gasteiger partial charge in [-0.25, -0.2) is 18.4 Å². The summed E-state index contributed by atoms with van der Waals surface area (Å²) >= 11 is 0. The summed E-state index contributed by atoms with van der Waals surface area (Å²) in [4.78, 5) is 16.1. The summed E-state index contributed by atoms with van der Waals surface area (Å²) in [5.74, 6) is -0.319. The maximum atomic E-state index is 11.9. The number of carbonyl (C=O) groups is 1. The van der Waals surface area contributed by atoms with Crippen molar-refractivity contribution in [2.45, 2.75) is 31.5 Å². The minimum Gasteiger partial charge on any atom is -0.450 e. The number of ether oxygens (including phenoxy) is 1. The maximum absolute atomic E-state index is 11.9. The first kappa shape index (κ1) is 18.8. The monoisotopic (exact) mass is 391 g/mol. The van der Waals surface area contributed by atoms with E-state index in [1.807, 2.05) is 24.3 Å². The molecule has 0 saturated heterocycles. The van der Waals surface area contributed by atoms with Crippen molar-refractivity contribution in [1.29, 1.82) is 0 Å². The normalized spacial score (nSPS) is 11.7. The van der Waals surface area contributed by atoms with E-state index in [2.05, 4.69) is 24.0 Å². The Morgan fingerprint density at radius 1 is 1.19 bits per heavy atom. The average Bonchev–Trinajstić information content (AvgIpc) is 3.29. The van der Waals surface area contributed by atoms with Crippen LogP contribution in [0.3, 0.4) is 0 Å². The molecule has 0 fully saturated rings. The van der Waals surface area contributed by atoms with E-state index < -0.39 is 21.1 Å². The first-order chi connectivity index (χ1) is 12.7. The molecule has 0 aliphatic rings. The molecule has 9 nitrogen and oxygen atoms in total. The fraction of sp³-hybridized carbons (Fsp3) is 0.235. The van der Waals surface area contributed by atoms with Gasteiger partial charge in [-0.15, -0.1) is 0 Å². The summed E-state index contributed by atoms with van der Waals surface area (Å²) in [7, 11) is -4.03. The highest BCUT2D eigenvalue weighted by Crippen LogP contribution is 2.21. The maximum Gasteiger partial charge on any atom is 0.374 e. The van der Waals surface area contributed by atoms with E-state index in [0.29, 0.717) is 11.7 Å². The second-order valence-electron chi connectivity index (χ2n) is 6.03. The topological polar surface area (TPSA) is 139 Å². The van der Waals surface area contributed by atoms with Gasteiger partial charge in [0, 0.05) is 5.56 Å². The van der Waals surface area contributed by atoms with E-state index >= 15 is 0 Å². The van der Waals surface area contributed by atoms with Crippen LogP contribution < -0.4 is 5.14 Å². The molecule has 0 saturated carbocycles. The zero-order chi connectivity index (χ0) is 19.6. The molecule has 2 N–H and O–H groups in total. The highest BCUT2D eigenvalue weighted by molar-refractivity contribution is 7.89. The molecule has 0 amide bonds. The van der Waals surface area contributed by atoms with Crippen molar-refractivity contribution in [2.75, 3.05) is 0 Å². The molecule has 2 heterocycles. The van der Waals surface area contributed by atoms with Crippen LogP contribution in [0.4, 0.5) is 0 Å². The van der Waals surface area contributed by atoms with Gasteiger partial charge in [0.25, 0.3) is 15.9 Å². The molecule has 3 rings (SSSR count). The summed E-state index contributed by atoms with van der Waals surface area (Å²) in [6, 6.07) is 9.95. The highest BCUT2D eigenvalue weighted by Gasteiger charge is 2.19. The third-order valence-corrected chi connectivity index (χ3v) is 4.47. The van der Waals surface area contributed by atoms with Gasteiger partial charge in [0.05, 0.1) is 0 Å². The number of sulfonamides is 1. The average molecular weight is 391 g/mol. The van der Waals surface area contributed by atoms with Crippen LogP contribution in [0.2, 0.25) is 0 Å². The number of nitrogens with zero attached hydrogens (tertiary/aromatic N) is 2. The molecule has 0 unspecified atom stereocenters. The molecular formula is C17H17N3O6S. The fourth-order valence-electron chi connectivity index (χ4n) is 2.23. The third-order valence-electron chi connectivity index (χ3n) is 3.69. The van der Waals surface area contributed by atoms with E-state index in [-0.39, 0.29) is 18.3 Å². The number of nitrogens with two attached hydrogens (primary N) is 1. The number of hydrogen-bond acceptors (Lipinski definition) is 8. The molecule has 0 spiro atoms. The Balaban J connectivity index is 1.64. The zero-order valence-electron chi connectivity index (χ0n) is 14.6. The van der Waals surface area contributed by atoms with Crippen LogP contribution >= 0.6 is 0 Å². The van der Waals surface area contributed by atoms with E-state index in [9.17, 15) is 13.2 Å². The summed E-state index contributed by atoms with van der Waals surface area (Å²) in [6.45, 7) is 3.91. The van der Waals surface area contributed by atoms with Gasteiger partial charge < -0.3 is 13.7 Å². The molecule has 2 aromatic heterocycles. The van der Waals surface area contributed by atoms with Crippen LogP contribution in [0, 0.1) is 0 Å². The van der Waals surface area contributed by atoms with Gasteiger partial charge in [-0.05, 0) is 23.6 Å². The zero-order valence-corrected chi connectivity index (χ0v) is 15.4. The van der Waals surface area contributed by atoms with E-state index in [0.717, 1.165) is 17.7 Å². The first-order valence-corrected chi connectivity index (χ1v) is 9.51. The van der Waals surface area contributed by atoms with Gasteiger partial charge in [0.2, 0.25) is 16.7 Å². The summed E-state index contributed by atoms with van der Waals surface area (Å²) in [5, 5.41) is 8.24. The number of rotatable bonds is 6. The molecule has 27 heavy (non-hydrogen) atoms. The van der Waals surface area contributed by atoms with Crippen molar-refractivity contribution in [1.82, 2.24) is 10.1 Å². The van der Waals surface area contributed by atoms with Crippen LogP contribution in [0.1, 0.15) is 41.8 Å². The molecule has 0 aliphatic carbocycles. The number of esters is 1. The number of aromatic nitrogens is 2. The lowest BCUT2D eigenvalue weighted by molar-refractivity contribution is 0.0388. The highest BCUT2D eigenvalue weighted by atomic mass is 32.2. The van der Waals surface area contributed by atoms with Crippen molar-refractivity contribution >= 4 is 16.0 Å². The molecule has 0 aliphatic heterocycles. The fourth-order valence-corrected chi connectivity index (χ4v) is 2.69. The summed E-state index contributed by atoms with van der Waals surface area (Å²) < 4.78 is 37.2. The molecule has 142 valence electrons. The largest absolute Gasteiger partial charge is 0.450 e. The van der Waals surface area contributed by atoms with Gasteiger partial charge in [0.1, 0.15) is 0 Å². The molecule has 3 aromatic rings. The smallest absolute Gasteiger partial charge is 0.374 e. The van der Waals surface area contributed by atoms with Crippen molar-refractivity contribution < 1.29 is 26.9 Å². The minimum absolute atomic E-state index is 0.0875. The van der Waals surface area contributed by atoms with Gasteiger partial charge >= 0.3 is 5.97 Å². The quantitative estimate of drug-likeness (QED) is 0.632. The van der Waals surface area contributed by atoms with Gasteiger partial charge in [-0.3, -0.25) is 0 Å². The van der Waals surface area contributed by atoms with Crippen molar-refractivity contribution in [2.24, 2.45) is 5.14 Å². The Kier molecular flexibility index (Phi) is 5.10. The Morgan fingerprint density at radius 3 is 2.48 bits per heavy atom. The third kappa shape index (κ3) is 4.41. The number of benzene rings is 1. The van der Waals surface area contributed by atoms with E-state index in [4.69, 9.17) is 18.8 Å². The lowest BCUT2D eigenvalue weighted by Gasteiger charge is -2.04. The molecule has 0 radical (unpaired) electrons. The standard InChI is InChI=1S/C17H17N3O6S/c1-10(2)11-3-5-12(6-4-11)16-19-14(26-20-16)9-24-17(21)13-7-8-15(25-13)27(18,22)23/h3-8,10H,9H2,1-2H3,(H2,18,22,23). The van der Waals surface area contributed by atoms with E-state index in [1.165, 1.54) is 5.56 Å². The first-order valence-electron chi connectivity index (χ1n) is 7.96. The SMILES string of the molecule is CC(C)c1ccc(-c2noc(COC(=O)c3ccc(S(N)(=O)=O)o3)n2)cc1. The van der Waals surface area contributed by atoms with Crippen molar-refractivity contribution in [3.8, 4) is 11.4 Å². The Bertz CT molecular complexity index is 1050. The van der Waals surface area contributed by atoms with Crippen LogP contribution in [0.5, 0.6) is 0 Å². The summed E-state index contributed by atoms with van der Waals surface area (Å²) in [5.41, 5.74) is 1.96. The molecule has 1 aromatic carbocycles. The van der Waals surface area contributed by atoms with Gasteiger partial charge in [-0.2, -0.15) is 4.98 Å². The van der Waals surface area contributed by atoms with Crippen LogP contribution in [0.15, 0.2) is 50.4 Å².